The Hall–Kier alpha value is -2.47. The first-order valence-corrected chi connectivity index (χ1v) is 13.9. The lowest BCUT2D eigenvalue weighted by Crippen LogP contribution is -2.45. The minimum atomic E-state index is 0. The zero-order valence-electron chi connectivity index (χ0n) is 21.0. The van der Waals surface area contributed by atoms with Crippen molar-refractivity contribution in [3.63, 3.8) is 0 Å². The normalized spacial score (nSPS) is 20.4. The van der Waals surface area contributed by atoms with Gasteiger partial charge in [0.25, 0.3) is 0 Å². The molecule has 2 bridgehead atoms. The van der Waals surface area contributed by atoms with Crippen LogP contribution < -0.4 is 10.1 Å². The summed E-state index contributed by atoms with van der Waals surface area (Å²) in [7, 11) is 1.69. The molecule has 1 amide bonds. The number of aryl methyl sites for hydroxylation is 1. The molecule has 9 nitrogen and oxygen atoms in total. The van der Waals surface area contributed by atoms with Crippen molar-refractivity contribution in [2.45, 2.75) is 62.4 Å². The van der Waals surface area contributed by atoms with Crippen LogP contribution in [-0.2, 0) is 9.53 Å². The van der Waals surface area contributed by atoms with Gasteiger partial charge in [-0.15, -0.1) is 24.2 Å². The molecule has 0 aliphatic carbocycles. The monoisotopic (exact) mass is 562 g/mol. The fraction of sp³-hybridized carbons (Fsp3) is 0.480. The number of thioether (sulfide) groups is 1. The van der Waals surface area contributed by atoms with E-state index >= 15 is 0 Å². The largest absolute Gasteiger partial charge is 0.452 e. The number of pyridine rings is 2. The fourth-order valence-corrected chi connectivity index (χ4v) is 6.52. The molecule has 0 spiro atoms. The molecule has 2 aliphatic heterocycles. The van der Waals surface area contributed by atoms with Gasteiger partial charge in [-0.05, 0) is 50.8 Å². The fourth-order valence-electron chi connectivity index (χ4n) is 5.07. The highest BCUT2D eigenvalue weighted by atomic mass is 35.5. The third-order valence-corrected chi connectivity index (χ3v) is 8.26. The van der Waals surface area contributed by atoms with Crippen LogP contribution in [0, 0.1) is 6.92 Å². The number of nitrogens with zero attached hydrogens (tertiary/aromatic N) is 5. The topological polar surface area (TPSA) is 102 Å². The molecule has 37 heavy (non-hydrogen) atoms. The predicted octanol–water partition coefficient (Wildman–Crippen LogP) is 5.59. The SMILES string of the molecule is COCCSc1cnc(Nc2nc(C3CC4CCC(C3)N4C(C)=O)ns2)c(Oc2cccnc2C)c1.Cl. The van der Waals surface area contributed by atoms with Crippen LogP contribution in [0.15, 0.2) is 35.5 Å². The lowest BCUT2D eigenvalue weighted by Gasteiger charge is -2.37. The van der Waals surface area contributed by atoms with Gasteiger partial charge < -0.3 is 19.7 Å². The number of carbonyl (C=O) groups is 1. The summed E-state index contributed by atoms with van der Waals surface area (Å²) in [6.45, 7) is 4.24. The van der Waals surface area contributed by atoms with E-state index in [1.165, 1.54) is 11.5 Å². The molecule has 2 unspecified atom stereocenters. The number of amides is 1. The first kappa shape index (κ1) is 27.6. The van der Waals surface area contributed by atoms with Crippen molar-refractivity contribution < 1.29 is 14.3 Å². The third-order valence-electron chi connectivity index (χ3n) is 6.69. The van der Waals surface area contributed by atoms with E-state index in [4.69, 9.17) is 14.5 Å². The lowest BCUT2D eigenvalue weighted by molar-refractivity contribution is -0.133. The van der Waals surface area contributed by atoms with Crippen LogP contribution in [0.4, 0.5) is 10.9 Å². The van der Waals surface area contributed by atoms with Gasteiger partial charge in [-0.3, -0.25) is 9.78 Å². The van der Waals surface area contributed by atoms with Crippen molar-refractivity contribution in [1.29, 1.82) is 0 Å². The van der Waals surface area contributed by atoms with E-state index in [-0.39, 0.29) is 24.2 Å². The highest BCUT2D eigenvalue weighted by Gasteiger charge is 2.43. The zero-order chi connectivity index (χ0) is 25.1. The van der Waals surface area contributed by atoms with Gasteiger partial charge in [0.1, 0.15) is 11.6 Å². The van der Waals surface area contributed by atoms with Gasteiger partial charge in [-0.1, -0.05) is 0 Å². The van der Waals surface area contributed by atoms with E-state index < -0.39 is 0 Å². The molecular weight excluding hydrogens is 532 g/mol. The predicted molar refractivity (Wildman–Crippen MR) is 148 cm³/mol. The van der Waals surface area contributed by atoms with Crippen molar-refractivity contribution in [3.8, 4) is 11.5 Å². The molecule has 12 heteroatoms. The maximum atomic E-state index is 12.0. The Morgan fingerprint density at radius 1 is 1.24 bits per heavy atom. The van der Waals surface area contributed by atoms with Crippen molar-refractivity contribution in [1.82, 2.24) is 24.2 Å². The van der Waals surface area contributed by atoms with E-state index in [1.54, 1.807) is 32.0 Å². The summed E-state index contributed by atoms with van der Waals surface area (Å²) < 4.78 is 16.1. The molecular formula is C25H31ClN6O3S2. The van der Waals surface area contributed by atoms with Gasteiger partial charge in [0.15, 0.2) is 11.6 Å². The van der Waals surface area contributed by atoms with Gasteiger partial charge in [-0.2, -0.15) is 4.37 Å². The molecule has 0 saturated carbocycles. The molecule has 3 aromatic heterocycles. The first-order chi connectivity index (χ1) is 17.5. The Labute approximate surface area is 231 Å². The van der Waals surface area contributed by atoms with Gasteiger partial charge in [0.05, 0.1) is 12.3 Å². The number of hydrogen-bond donors (Lipinski definition) is 1. The molecule has 0 aromatic carbocycles. The average molecular weight is 563 g/mol. The summed E-state index contributed by atoms with van der Waals surface area (Å²) in [4.78, 5) is 28.9. The summed E-state index contributed by atoms with van der Waals surface area (Å²) in [6.07, 6.45) is 7.56. The number of piperidine rings is 1. The average Bonchev–Trinajstić information content (AvgIpc) is 3.44. The van der Waals surface area contributed by atoms with Crippen LogP contribution in [-0.4, -0.2) is 61.7 Å². The number of halogens is 1. The minimum Gasteiger partial charge on any atom is -0.452 e. The van der Waals surface area contributed by atoms with Crippen molar-refractivity contribution in [2.75, 3.05) is 24.8 Å². The number of nitrogens with one attached hydrogen (secondary N) is 1. The number of ether oxygens (including phenoxy) is 2. The van der Waals surface area contributed by atoms with Gasteiger partial charge >= 0.3 is 0 Å². The van der Waals surface area contributed by atoms with Gasteiger partial charge in [0.2, 0.25) is 11.0 Å². The summed E-state index contributed by atoms with van der Waals surface area (Å²) >= 11 is 2.98. The Morgan fingerprint density at radius 3 is 2.73 bits per heavy atom. The molecule has 5 heterocycles. The molecule has 0 radical (unpaired) electrons. The molecule has 2 fully saturated rings. The van der Waals surface area contributed by atoms with E-state index in [2.05, 4.69) is 24.6 Å². The summed E-state index contributed by atoms with van der Waals surface area (Å²) in [5, 5.41) is 3.99. The smallest absolute Gasteiger partial charge is 0.219 e. The molecule has 2 saturated heterocycles. The second-order valence-corrected chi connectivity index (χ2v) is 11.0. The number of anilines is 2. The van der Waals surface area contributed by atoms with E-state index in [9.17, 15) is 4.79 Å². The van der Waals surface area contributed by atoms with Crippen LogP contribution in [0.25, 0.3) is 0 Å². The van der Waals surface area contributed by atoms with Crippen molar-refractivity contribution >= 4 is 52.6 Å². The number of hydrogen-bond acceptors (Lipinski definition) is 10. The Morgan fingerprint density at radius 2 is 2.03 bits per heavy atom. The van der Waals surface area contributed by atoms with Gasteiger partial charge in [0, 0.05) is 66.6 Å². The molecule has 2 aliphatic rings. The standard InChI is InChI=1S/C25H30N6O3S2.ClH/c1-15-21(5-4-8-26-15)34-22-13-20(35-10-9-33-3)14-27-24(22)29-25-28-23(30-36-25)17-11-18-6-7-19(12-17)31(18)16(2)32;/h4-5,8,13-14,17-19H,6-7,9-12H2,1-3H3,(H,27,28,29,30);1H. The van der Waals surface area contributed by atoms with Crippen LogP contribution in [0.5, 0.6) is 11.5 Å². The third kappa shape index (κ3) is 6.34. The number of aromatic nitrogens is 4. The van der Waals surface area contributed by atoms with Crippen molar-refractivity contribution in [3.05, 3.63) is 42.1 Å². The van der Waals surface area contributed by atoms with E-state index in [0.717, 1.165) is 47.8 Å². The number of rotatable bonds is 9. The van der Waals surface area contributed by atoms with Crippen LogP contribution >= 0.6 is 35.7 Å². The second kappa shape index (κ2) is 12.4. The maximum absolute atomic E-state index is 12.0. The quantitative estimate of drug-likeness (QED) is 0.264. The molecule has 1 N–H and O–H groups in total. The molecule has 198 valence electrons. The summed E-state index contributed by atoms with van der Waals surface area (Å²) in [6, 6.07) is 6.32. The number of fused-ring (bicyclic) bond motifs is 2. The second-order valence-electron chi connectivity index (χ2n) is 9.11. The Balaban J connectivity index is 0.00000320. The van der Waals surface area contributed by atoms with Crippen LogP contribution in [0.3, 0.4) is 0 Å². The van der Waals surface area contributed by atoms with E-state index in [1.807, 2.05) is 31.3 Å². The molecule has 2 atom stereocenters. The summed E-state index contributed by atoms with van der Waals surface area (Å²) in [5.74, 6) is 3.96. The first-order valence-electron chi connectivity index (χ1n) is 12.1. The Bertz CT molecular complexity index is 1210. The van der Waals surface area contributed by atoms with Gasteiger partial charge in [-0.25, -0.2) is 9.97 Å². The van der Waals surface area contributed by atoms with Crippen LogP contribution in [0.1, 0.15) is 50.0 Å². The number of methoxy groups -OCH3 is 1. The minimum absolute atomic E-state index is 0. The zero-order valence-corrected chi connectivity index (χ0v) is 23.5. The lowest BCUT2D eigenvalue weighted by atomic mass is 9.90. The van der Waals surface area contributed by atoms with E-state index in [0.29, 0.717) is 41.1 Å². The summed E-state index contributed by atoms with van der Waals surface area (Å²) in [5.41, 5.74) is 0.797. The van der Waals surface area contributed by atoms with Crippen molar-refractivity contribution in [2.24, 2.45) is 0 Å². The maximum Gasteiger partial charge on any atom is 0.219 e. The molecule has 5 rings (SSSR count). The highest BCUT2D eigenvalue weighted by Crippen LogP contribution is 2.43. The number of carbonyl (C=O) groups excluding carboxylic acids is 1. The highest BCUT2D eigenvalue weighted by molar-refractivity contribution is 7.99. The van der Waals surface area contributed by atoms with Crippen LogP contribution in [0.2, 0.25) is 0 Å². The molecule has 3 aromatic rings. The Kier molecular flexibility index (Phi) is 9.22.